The number of likely N-dealkylation sites (tertiary alicyclic amines) is 3. The van der Waals surface area contributed by atoms with Gasteiger partial charge >= 0.3 is 0 Å². The minimum Gasteiger partial charge on any atom is -0.375 e. The molecule has 3 saturated heterocycles. The average Bonchev–Trinajstić information content (AvgIpc) is 3.35. The third kappa shape index (κ3) is 5.99. The summed E-state index contributed by atoms with van der Waals surface area (Å²) in [7, 11) is 0. The Balaban J connectivity index is 1.00. The van der Waals surface area contributed by atoms with Crippen LogP contribution in [0.4, 0.5) is 0 Å². The summed E-state index contributed by atoms with van der Waals surface area (Å²) in [6.45, 7) is 20.7. The lowest BCUT2D eigenvalue weighted by Gasteiger charge is -2.36. The summed E-state index contributed by atoms with van der Waals surface area (Å²) in [4.78, 5) is 20.5. The number of benzene rings is 1. The lowest BCUT2D eigenvalue weighted by Crippen LogP contribution is -2.46. The molecule has 2 unspecified atom stereocenters. The minimum absolute atomic E-state index is 0.214. The summed E-state index contributed by atoms with van der Waals surface area (Å²) < 4.78 is 0. The van der Waals surface area contributed by atoms with Crippen molar-refractivity contribution in [3.63, 3.8) is 0 Å². The molecule has 0 radical (unpaired) electrons. The molecule has 3 aliphatic heterocycles. The maximum atomic E-state index is 13.1. The third-order valence-electron chi connectivity index (χ3n) is 9.18. The first-order valence-electron chi connectivity index (χ1n) is 14.3. The zero-order valence-electron chi connectivity index (χ0n) is 22.6. The zero-order valence-corrected chi connectivity index (χ0v) is 22.6. The number of aryl methyl sites for hydroxylation is 3. The largest absolute Gasteiger partial charge is 0.375 e. The van der Waals surface area contributed by atoms with Gasteiger partial charge in [-0.25, -0.2) is 0 Å². The van der Waals surface area contributed by atoms with Gasteiger partial charge in [-0.15, -0.1) is 0 Å². The third-order valence-corrected chi connectivity index (χ3v) is 9.18. The Kier molecular flexibility index (Phi) is 7.76. The number of fused-ring (bicyclic) bond motifs is 1. The first-order chi connectivity index (χ1) is 17.3. The van der Waals surface area contributed by atoms with Crippen LogP contribution in [-0.4, -0.2) is 72.5 Å². The number of amides is 1. The highest BCUT2D eigenvalue weighted by molar-refractivity contribution is 5.79. The molecule has 36 heavy (non-hydrogen) atoms. The van der Waals surface area contributed by atoms with Crippen molar-refractivity contribution in [2.75, 3.05) is 45.8 Å². The van der Waals surface area contributed by atoms with Gasteiger partial charge in [0.2, 0.25) is 5.91 Å². The molecule has 0 bridgehead atoms. The fraction of sp³-hybridized carbons (Fsp3) is 0.645. The van der Waals surface area contributed by atoms with Crippen molar-refractivity contribution >= 4 is 5.91 Å². The van der Waals surface area contributed by atoms with Crippen LogP contribution in [0.2, 0.25) is 0 Å². The molecule has 3 heterocycles. The van der Waals surface area contributed by atoms with E-state index in [0.717, 1.165) is 71.2 Å². The van der Waals surface area contributed by atoms with E-state index in [4.69, 9.17) is 0 Å². The van der Waals surface area contributed by atoms with Gasteiger partial charge in [-0.1, -0.05) is 42.5 Å². The summed E-state index contributed by atoms with van der Waals surface area (Å²) in [5, 5.41) is 3.42. The smallest absolute Gasteiger partial charge is 0.223 e. The van der Waals surface area contributed by atoms with Crippen LogP contribution in [0.15, 0.2) is 42.8 Å². The molecule has 5 heteroatoms. The van der Waals surface area contributed by atoms with Gasteiger partial charge in [0.25, 0.3) is 0 Å². The molecule has 1 saturated carbocycles. The molecule has 5 nitrogen and oxygen atoms in total. The van der Waals surface area contributed by atoms with Crippen LogP contribution in [0, 0.1) is 31.6 Å². The van der Waals surface area contributed by atoms with Crippen molar-refractivity contribution < 1.29 is 4.79 Å². The van der Waals surface area contributed by atoms with Gasteiger partial charge in [-0.05, 0) is 76.2 Å². The highest BCUT2D eigenvalue weighted by Gasteiger charge is 2.43. The zero-order chi connectivity index (χ0) is 25.2. The number of carbonyl (C=O) groups is 1. The summed E-state index contributed by atoms with van der Waals surface area (Å²) in [5.41, 5.74) is 6.60. The second-order valence-corrected chi connectivity index (χ2v) is 12.1. The molecule has 1 amide bonds. The molecular weight excluding hydrogens is 444 g/mol. The number of hydrogen-bond donors (Lipinski definition) is 1. The van der Waals surface area contributed by atoms with Crippen LogP contribution in [-0.2, 0) is 11.2 Å². The second kappa shape index (κ2) is 11.0. The van der Waals surface area contributed by atoms with Gasteiger partial charge < -0.3 is 15.1 Å². The molecule has 4 aliphatic rings. The van der Waals surface area contributed by atoms with Gasteiger partial charge in [-0.2, -0.15) is 0 Å². The van der Waals surface area contributed by atoms with Crippen LogP contribution < -0.4 is 5.32 Å². The lowest BCUT2D eigenvalue weighted by molar-refractivity contribution is -0.126. The standard InChI is InChI=1S/C31H46N4O/c1-22-14-23(2)16-26(15-22)7-6-24(3)35-12-8-30(9-13-35)32-31(36)27-17-28-20-33(21-29(28)18-27)19-25(4)34-10-5-11-34/h14-16,27-30H,3-13,17-21H2,1-2H3,(H,32,36). The number of nitrogens with zero attached hydrogens (tertiary/aromatic N) is 3. The van der Waals surface area contributed by atoms with Gasteiger partial charge in [0.05, 0.1) is 0 Å². The normalized spacial score (nSPS) is 26.6. The molecule has 1 aliphatic carbocycles. The molecule has 4 fully saturated rings. The van der Waals surface area contributed by atoms with E-state index < -0.39 is 0 Å². The number of allylic oxidation sites excluding steroid dienone is 1. The molecule has 5 rings (SSSR count). The predicted molar refractivity (Wildman–Crippen MR) is 148 cm³/mol. The molecule has 2 atom stereocenters. The molecular formula is C31H46N4O. The second-order valence-electron chi connectivity index (χ2n) is 12.1. The van der Waals surface area contributed by atoms with E-state index in [9.17, 15) is 4.79 Å². The summed E-state index contributed by atoms with van der Waals surface area (Å²) in [5.74, 6) is 1.90. The Morgan fingerprint density at radius 2 is 1.53 bits per heavy atom. The van der Waals surface area contributed by atoms with Crippen molar-refractivity contribution in [3.8, 4) is 0 Å². The Morgan fingerprint density at radius 3 is 2.11 bits per heavy atom. The van der Waals surface area contributed by atoms with Gasteiger partial charge in [0.15, 0.2) is 0 Å². The quantitative estimate of drug-likeness (QED) is 0.553. The molecule has 1 N–H and O–H groups in total. The average molecular weight is 491 g/mol. The minimum atomic E-state index is 0.214. The number of nitrogens with one attached hydrogen (secondary N) is 1. The van der Waals surface area contributed by atoms with Gasteiger partial charge in [0, 0.05) is 69.2 Å². The van der Waals surface area contributed by atoms with Crippen molar-refractivity contribution in [2.45, 2.75) is 64.8 Å². The molecule has 0 spiro atoms. The molecule has 1 aromatic carbocycles. The number of hydrogen-bond acceptors (Lipinski definition) is 4. The van der Waals surface area contributed by atoms with Crippen LogP contribution >= 0.6 is 0 Å². The summed E-state index contributed by atoms with van der Waals surface area (Å²) >= 11 is 0. The van der Waals surface area contributed by atoms with Crippen molar-refractivity contribution in [3.05, 3.63) is 59.4 Å². The Labute approximate surface area is 218 Å². The topological polar surface area (TPSA) is 38.8 Å². The van der Waals surface area contributed by atoms with E-state index in [1.165, 1.54) is 47.6 Å². The first-order valence-corrected chi connectivity index (χ1v) is 14.3. The molecule has 0 aromatic heterocycles. The fourth-order valence-electron chi connectivity index (χ4n) is 7.05. The van der Waals surface area contributed by atoms with E-state index in [-0.39, 0.29) is 5.92 Å². The maximum absolute atomic E-state index is 13.1. The van der Waals surface area contributed by atoms with Crippen molar-refractivity contribution in [2.24, 2.45) is 17.8 Å². The number of carbonyl (C=O) groups excluding carboxylic acids is 1. The monoisotopic (exact) mass is 490 g/mol. The van der Waals surface area contributed by atoms with E-state index in [0.29, 0.717) is 23.8 Å². The SMILES string of the molecule is C=C(CCc1cc(C)cc(C)c1)N1CCC(NC(=O)C2CC3CN(CC(=C)N4CCC4)CC3C2)CC1. The van der Waals surface area contributed by atoms with E-state index in [1.807, 2.05) is 0 Å². The van der Waals surface area contributed by atoms with Gasteiger partial charge in [-0.3, -0.25) is 9.69 Å². The lowest BCUT2D eigenvalue weighted by atomic mass is 9.99. The first kappa shape index (κ1) is 25.4. The van der Waals surface area contributed by atoms with Crippen molar-refractivity contribution in [1.82, 2.24) is 20.0 Å². The number of rotatable bonds is 9. The van der Waals surface area contributed by atoms with E-state index in [1.54, 1.807) is 0 Å². The summed E-state index contributed by atoms with van der Waals surface area (Å²) in [6.07, 6.45) is 7.55. The summed E-state index contributed by atoms with van der Waals surface area (Å²) in [6, 6.07) is 7.14. The highest BCUT2D eigenvalue weighted by atomic mass is 16.2. The maximum Gasteiger partial charge on any atom is 0.223 e. The Morgan fingerprint density at radius 1 is 0.917 bits per heavy atom. The van der Waals surface area contributed by atoms with E-state index in [2.05, 4.69) is 65.2 Å². The Hall–Kier alpha value is -2.27. The van der Waals surface area contributed by atoms with Crippen molar-refractivity contribution in [1.29, 1.82) is 0 Å². The molecule has 1 aromatic rings. The van der Waals surface area contributed by atoms with Crippen LogP contribution in [0.5, 0.6) is 0 Å². The predicted octanol–water partition coefficient (Wildman–Crippen LogP) is 4.51. The van der Waals surface area contributed by atoms with E-state index >= 15 is 0 Å². The fourth-order valence-corrected chi connectivity index (χ4v) is 7.05. The Bertz CT molecular complexity index is 941. The van der Waals surface area contributed by atoms with Crippen LogP contribution in [0.3, 0.4) is 0 Å². The van der Waals surface area contributed by atoms with Crippen LogP contribution in [0.25, 0.3) is 0 Å². The van der Waals surface area contributed by atoms with Crippen LogP contribution in [0.1, 0.15) is 55.2 Å². The number of piperidine rings is 1. The molecule has 196 valence electrons. The van der Waals surface area contributed by atoms with Gasteiger partial charge in [0.1, 0.15) is 0 Å². The highest BCUT2D eigenvalue weighted by Crippen LogP contribution is 2.42.